The van der Waals surface area contributed by atoms with Crippen LogP contribution in [0, 0.1) is 6.92 Å². The van der Waals surface area contributed by atoms with Crippen LogP contribution >= 0.6 is 0 Å². The predicted molar refractivity (Wildman–Crippen MR) is 82.7 cm³/mol. The summed E-state index contributed by atoms with van der Waals surface area (Å²) < 4.78 is 2.25. The molecule has 0 radical (unpaired) electrons. The van der Waals surface area contributed by atoms with Gasteiger partial charge >= 0.3 is 0 Å². The second kappa shape index (κ2) is 5.10. The van der Waals surface area contributed by atoms with Crippen molar-refractivity contribution >= 4 is 11.0 Å². The smallest absolute Gasteiger partial charge is 0.107 e. The van der Waals surface area contributed by atoms with Crippen LogP contribution in [0.5, 0.6) is 0 Å². The van der Waals surface area contributed by atoms with E-state index in [9.17, 15) is 0 Å². The summed E-state index contributed by atoms with van der Waals surface area (Å²) in [6, 6.07) is 18.7. The van der Waals surface area contributed by atoms with Crippen molar-refractivity contribution in [1.29, 1.82) is 0 Å². The molecule has 0 amide bonds. The summed E-state index contributed by atoms with van der Waals surface area (Å²) >= 11 is 0. The predicted octanol–water partition coefficient (Wildman–Crippen LogP) is 3.28. The zero-order chi connectivity index (χ0) is 14.1. The van der Waals surface area contributed by atoms with Crippen molar-refractivity contribution in [3.05, 3.63) is 66.0 Å². The Morgan fingerprint density at radius 1 is 1.00 bits per heavy atom. The molecule has 0 aliphatic heterocycles. The molecule has 2 N–H and O–H groups in total. The monoisotopic (exact) mass is 265 g/mol. The molecule has 3 aromatic rings. The van der Waals surface area contributed by atoms with E-state index >= 15 is 0 Å². The maximum absolute atomic E-state index is 6.27. The maximum Gasteiger partial charge on any atom is 0.107 e. The number of aromatic nitrogens is 2. The van der Waals surface area contributed by atoms with Gasteiger partial charge in [0, 0.05) is 6.04 Å². The van der Waals surface area contributed by atoms with Crippen molar-refractivity contribution in [2.75, 3.05) is 0 Å². The second-order valence-electron chi connectivity index (χ2n) is 5.23. The van der Waals surface area contributed by atoms with Crippen LogP contribution in [0.3, 0.4) is 0 Å². The zero-order valence-corrected chi connectivity index (χ0v) is 11.8. The Balaban J connectivity index is 2.23. The molecule has 0 spiro atoms. The molecule has 0 saturated heterocycles. The molecule has 102 valence electrons. The minimum absolute atomic E-state index is 0.00806. The van der Waals surface area contributed by atoms with E-state index in [1.54, 1.807) is 0 Å². The highest BCUT2D eigenvalue weighted by Crippen LogP contribution is 2.27. The summed E-state index contributed by atoms with van der Waals surface area (Å²) in [4.78, 5) is 4.65. The fourth-order valence-electron chi connectivity index (χ4n) is 2.85. The number of fused-ring (bicyclic) bond motifs is 1. The molecule has 3 nitrogen and oxygen atoms in total. The molecule has 0 aliphatic carbocycles. The number of rotatable bonds is 3. The lowest BCUT2D eigenvalue weighted by Gasteiger charge is -2.25. The summed E-state index contributed by atoms with van der Waals surface area (Å²) in [5, 5.41) is 0. The Morgan fingerprint density at radius 2 is 1.65 bits per heavy atom. The van der Waals surface area contributed by atoms with Crippen LogP contribution in [0.2, 0.25) is 0 Å². The van der Waals surface area contributed by atoms with E-state index in [4.69, 9.17) is 5.73 Å². The van der Waals surface area contributed by atoms with Crippen LogP contribution in [0.1, 0.15) is 24.4 Å². The molecule has 3 heteroatoms. The Morgan fingerprint density at radius 3 is 2.35 bits per heavy atom. The average molecular weight is 265 g/mol. The Bertz CT molecular complexity index is 713. The van der Waals surface area contributed by atoms with Gasteiger partial charge in [-0.15, -0.1) is 0 Å². The molecular weight excluding hydrogens is 246 g/mol. The molecule has 2 unspecified atom stereocenters. The number of imidazole rings is 1. The molecule has 3 rings (SSSR count). The molecular formula is C17H19N3. The van der Waals surface area contributed by atoms with Gasteiger partial charge in [-0.25, -0.2) is 4.98 Å². The number of nitrogens with two attached hydrogens (primary N) is 1. The first-order chi connectivity index (χ1) is 9.68. The molecule has 2 aromatic carbocycles. The lowest BCUT2D eigenvalue weighted by molar-refractivity contribution is 0.497. The van der Waals surface area contributed by atoms with Gasteiger partial charge in [0.05, 0.1) is 17.1 Å². The maximum atomic E-state index is 6.27. The van der Waals surface area contributed by atoms with Crippen LogP contribution in [0.15, 0.2) is 54.6 Å². The molecule has 0 saturated carbocycles. The van der Waals surface area contributed by atoms with E-state index in [0.717, 1.165) is 16.9 Å². The molecule has 0 bridgehead atoms. The molecule has 1 aromatic heterocycles. The van der Waals surface area contributed by atoms with E-state index in [1.165, 1.54) is 5.56 Å². The van der Waals surface area contributed by atoms with Gasteiger partial charge in [0.25, 0.3) is 0 Å². The van der Waals surface area contributed by atoms with Crippen molar-refractivity contribution in [3.63, 3.8) is 0 Å². The van der Waals surface area contributed by atoms with Gasteiger partial charge in [0.15, 0.2) is 0 Å². The van der Waals surface area contributed by atoms with Crippen LogP contribution in [-0.2, 0) is 0 Å². The third-order valence-electron chi connectivity index (χ3n) is 3.69. The summed E-state index contributed by atoms with van der Waals surface area (Å²) in [5.41, 5.74) is 9.64. The Hall–Kier alpha value is -2.13. The van der Waals surface area contributed by atoms with Crippen molar-refractivity contribution < 1.29 is 0 Å². The fraction of sp³-hybridized carbons (Fsp3) is 0.235. The van der Waals surface area contributed by atoms with Crippen LogP contribution in [0.4, 0.5) is 0 Å². The van der Waals surface area contributed by atoms with E-state index in [0.29, 0.717) is 0 Å². The Labute approximate surface area is 119 Å². The first-order valence-corrected chi connectivity index (χ1v) is 6.92. The largest absolute Gasteiger partial charge is 0.326 e. The van der Waals surface area contributed by atoms with Gasteiger partial charge in [0.1, 0.15) is 5.82 Å². The first kappa shape index (κ1) is 12.9. The van der Waals surface area contributed by atoms with Crippen LogP contribution < -0.4 is 5.73 Å². The van der Waals surface area contributed by atoms with E-state index < -0.39 is 0 Å². The van der Waals surface area contributed by atoms with Crippen molar-refractivity contribution in [1.82, 2.24) is 9.55 Å². The Kier molecular flexibility index (Phi) is 3.28. The second-order valence-corrected chi connectivity index (χ2v) is 5.23. The van der Waals surface area contributed by atoms with E-state index in [2.05, 4.69) is 39.9 Å². The lowest BCUT2D eigenvalue weighted by Crippen LogP contribution is -2.30. The molecule has 0 aliphatic rings. The minimum Gasteiger partial charge on any atom is -0.326 e. The highest BCUT2D eigenvalue weighted by molar-refractivity contribution is 5.76. The topological polar surface area (TPSA) is 43.8 Å². The summed E-state index contributed by atoms with van der Waals surface area (Å²) in [6.07, 6.45) is 0. The number of benzene rings is 2. The van der Waals surface area contributed by atoms with E-state index in [1.807, 2.05) is 38.1 Å². The lowest BCUT2D eigenvalue weighted by atomic mass is 10.0. The number of hydrogen-bond donors (Lipinski definition) is 1. The quantitative estimate of drug-likeness (QED) is 0.789. The highest BCUT2D eigenvalue weighted by Gasteiger charge is 2.22. The summed E-state index contributed by atoms with van der Waals surface area (Å²) in [5.74, 6) is 0.998. The van der Waals surface area contributed by atoms with Gasteiger partial charge < -0.3 is 10.3 Å². The normalized spacial score (nSPS) is 14.3. The van der Waals surface area contributed by atoms with Crippen LogP contribution in [-0.4, -0.2) is 15.6 Å². The van der Waals surface area contributed by atoms with Gasteiger partial charge in [-0.05, 0) is 31.5 Å². The van der Waals surface area contributed by atoms with Crippen molar-refractivity contribution in [2.45, 2.75) is 25.9 Å². The number of nitrogens with zero attached hydrogens (tertiary/aromatic N) is 2. The number of hydrogen-bond acceptors (Lipinski definition) is 2. The molecule has 20 heavy (non-hydrogen) atoms. The standard InChI is InChI=1S/C17H19N3/c1-12(18)17(14-8-4-3-5-9-14)20-13(2)19-15-10-6-7-11-16(15)20/h3-12,17H,18H2,1-2H3. The van der Waals surface area contributed by atoms with Crippen molar-refractivity contribution in [3.8, 4) is 0 Å². The number of aryl methyl sites for hydroxylation is 1. The zero-order valence-electron chi connectivity index (χ0n) is 11.8. The van der Waals surface area contributed by atoms with Crippen LogP contribution in [0.25, 0.3) is 11.0 Å². The van der Waals surface area contributed by atoms with Gasteiger partial charge in [0.2, 0.25) is 0 Å². The summed E-state index contributed by atoms with van der Waals surface area (Å²) in [7, 11) is 0. The highest BCUT2D eigenvalue weighted by atomic mass is 15.1. The third kappa shape index (κ3) is 2.10. The van der Waals surface area contributed by atoms with Gasteiger partial charge in [-0.3, -0.25) is 0 Å². The summed E-state index contributed by atoms with van der Waals surface area (Å²) in [6.45, 7) is 4.09. The fourth-order valence-corrected chi connectivity index (χ4v) is 2.85. The third-order valence-corrected chi connectivity index (χ3v) is 3.69. The minimum atomic E-state index is 0.00806. The first-order valence-electron chi connectivity index (χ1n) is 6.92. The number of para-hydroxylation sites is 2. The molecule has 1 heterocycles. The van der Waals surface area contributed by atoms with E-state index in [-0.39, 0.29) is 12.1 Å². The molecule has 0 fully saturated rings. The van der Waals surface area contributed by atoms with Gasteiger partial charge in [-0.2, -0.15) is 0 Å². The SMILES string of the molecule is Cc1nc2ccccc2n1C(c1ccccc1)C(C)N. The average Bonchev–Trinajstić information content (AvgIpc) is 2.77. The molecule has 2 atom stereocenters. The van der Waals surface area contributed by atoms with Crippen molar-refractivity contribution in [2.24, 2.45) is 5.73 Å². The van der Waals surface area contributed by atoms with Gasteiger partial charge in [-0.1, -0.05) is 42.5 Å².